The van der Waals surface area contributed by atoms with Crippen molar-refractivity contribution in [2.75, 3.05) is 20.3 Å². The van der Waals surface area contributed by atoms with Crippen molar-refractivity contribution in [3.63, 3.8) is 0 Å². The molecule has 1 rings (SSSR count). The third kappa shape index (κ3) is 4.94. The van der Waals surface area contributed by atoms with Crippen molar-refractivity contribution in [3.8, 4) is 0 Å². The second-order valence-corrected chi connectivity index (χ2v) is 5.48. The van der Waals surface area contributed by atoms with Gasteiger partial charge >= 0.3 is 0 Å². The molecular weight excluding hydrogens is 214 g/mol. The van der Waals surface area contributed by atoms with Gasteiger partial charge in [0.1, 0.15) is 0 Å². The zero-order valence-corrected chi connectivity index (χ0v) is 11.9. The van der Waals surface area contributed by atoms with Crippen LogP contribution in [-0.4, -0.2) is 38.0 Å². The molecule has 0 aromatic heterocycles. The monoisotopic (exact) mass is 243 g/mol. The molecule has 102 valence electrons. The van der Waals surface area contributed by atoms with Crippen LogP contribution in [0.5, 0.6) is 0 Å². The molecule has 1 atom stereocenters. The predicted octanol–water partition coefficient (Wildman–Crippen LogP) is 2.74. The molecule has 0 spiro atoms. The Morgan fingerprint density at radius 3 is 2.41 bits per heavy atom. The number of rotatable bonds is 9. The molecule has 1 saturated carbocycles. The maximum atomic E-state index is 5.74. The molecule has 1 fully saturated rings. The van der Waals surface area contributed by atoms with Crippen LogP contribution in [0.15, 0.2) is 0 Å². The minimum Gasteiger partial charge on any atom is -0.378 e. The highest BCUT2D eigenvalue weighted by Crippen LogP contribution is 2.38. The molecule has 1 N–H and O–H groups in total. The van der Waals surface area contributed by atoms with Gasteiger partial charge in [0.25, 0.3) is 0 Å². The van der Waals surface area contributed by atoms with Crippen LogP contribution in [0.2, 0.25) is 0 Å². The summed E-state index contributed by atoms with van der Waals surface area (Å²) in [7, 11) is 1.85. The van der Waals surface area contributed by atoms with Crippen molar-refractivity contribution in [2.24, 2.45) is 0 Å². The van der Waals surface area contributed by atoms with Gasteiger partial charge < -0.3 is 14.8 Å². The second kappa shape index (κ2) is 7.34. The molecule has 3 heteroatoms. The fourth-order valence-corrected chi connectivity index (χ4v) is 2.36. The average Bonchev–Trinajstić information content (AvgIpc) is 2.26. The zero-order chi connectivity index (χ0) is 12.7. The smallest absolute Gasteiger partial charge is 0.0694 e. The lowest BCUT2D eigenvalue weighted by Crippen LogP contribution is -2.47. The van der Waals surface area contributed by atoms with Gasteiger partial charge in [0, 0.05) is 13.2 Å². The van der Waals surface area contributed by atoms with Crippen molar-refractivity contribution < 1.29 is 9.47 Å². The van der Waals surface area contributed by atoms with Crippen LogP contribution >= 0.6 is 0 Å². The minimum absolute atomic E-state index is 0.131. The summed E-state index contributed by atoms with van der Waals surface area (Å²) in [5, 5.41) is 3.58. The van der Waals surface area contributed by atoms with Gasteiger partial charge in [-0.15, -0.1) is 0 Å². The molecule has 0 bridgehead atoms. The molecule has 3 nitrogen and oxygen atoms in total. The number of methoxy groups -OCH3 is 1. The standard InChI is InChI=1S/C14H29NO2/c1-5-9-15-13(11-17-12(2)3)10-14(16-4)7-6-8-14/h12-13,15H,5-11H2,1-4H3. The summed E-state index contributed by atoms with van der Waals surface area (Å²) in [4.78, 5) is 0. The van der Waals surface area contributed by atoms with E-state index in [0.717, 1.165) is 26.0 Å². The van der Waals surface area contributed by atoms with Crippen LogP contribution in [0.4, 0.5) is 0 Å². The lowest BCUT2D eigenvalue weighted by molar-refractivity contribution is -0.0898. The van der Waals surface area contributed by atoms with E-state index in [4.69, 9.17) is 9.47 Å². The fourth-order valence-electron chi connectivity index (χ4n) is 2.36. The van der Waals surface area contributed by atoms with Crippen LogP contribution in [-0.2, 0) is 9.47 Å². The Morgan fingerprint density at radius 2 is 2.00 bits per heavy atom. The average molecular weight is 243 g/mol. The number of nitrogens with one attached hydrogen (secondary N) is 1. The van der Waals surface area contributed by atoms with Crippen LogP contribution in [0, 0.1) is 0 Å². The normalized spacial score (nSPS) is 20.3. The molecule has 0 saturated heterocycles. The highest BCUT2D eigenvalue weighted by Gasteiger charge is 2.38. The van der Waals surface area contributed by atoms with Crippen LogP contribution < -0.4 is 5.32 Å². The summed E-state index contributed by atoms with van der Waals surface area (Å²) in [5.74, 6) is 0. The van der Waals surface area contributed by atoms with Gasteiger partial charge in [-0.1, -0.05) is 6.92 Å². The molecule has 0 aromatic carbocycles. The number of hydrogen-bond acceptors (Lipinski definition) is 3. The third-order valence-corrected chi connectivity index (χ3v) is 3.63. The first-order valence-electron chi connectivity index (χ1n) is 7.02. The van der Waals surface area contributed by atoms with Gasteiger partial charge in [0.05, 0.1) is 18.3 Å². The maximum Gasteiger partial charge on any atom is 0.0694 e. The summed E-state index contributed by atoms with van der Waals surface area (Å²) in [6.07, 6.45) is 6.26. The Balaban J connectivity index is 2.38. The molecule has 0 amide bonds. The van der Waals surface area contributed by atoms with Crippen molar-refractivity contribution in [1.29, 1.82) is 0 Å². The Hall–Kier alpha value is -0.120. The van der Waals surface area contributed by atoms with E-state index in [-0.39, 0.29) is 5.60 Å². The van der Waals surface area contributed by atoms with E-state index < -0.39 is 0 Å². The van der Waals surface area contributed by atoms with Crippen molar-refractivity contribution >= 4 is 0 Å². The van der Waals surface area contributed by atoms with E-state index in [1.807, 2.05) is 7.11 Å². The molecular formula is C14H29NO2. The molecule has 0 aliphatic heterocycles. The van der Waals surface area contributed by atoms with Crippen LogP contribution in [0.1, 0.15) is 52.9 Å². The van der Waals surface area contributed by atoms with Gasteiger partial charge in [-0.05, 0) is 52.5 Å². The summed E-state index contributed by atoms with van der Waals surface area (Å²) in [5.41, 5.74) is 0.131. The largest absolute Gasteiger partial charge is 0.378 e. The SMILES string of the molecule is CCCNC(COC(C)C)CC1(OC)CCC1. The van der Waals surface area contributed by atoms with E-state index in [1.165, 1.54) is 19.3 Å². The Kier molecular flexibility index (Phi) is 6.45. The Labute approximate surface area is 106 Å². The maximum absolute atomic E-state index is 5.74. The Morgan fingerprint density at radius 1 is 1.29 bits per heavy atom. The third-order valence-electron chi connectivity index (χ3n) is 3.63. The van der Waals surface area contributed by atoms with Gasteiger partial charge in [0.2, 0.25) is 0 Å². The predicted molar refractivity (Wildman–Crippen MR) is 71.4 cm³/mol. The molecule has 17 heavy (non-hydrogen) atoms. The molecule has 1 aliphatic rings. The van der Waals surface area contributed by atoms with Crippen LogP contribution in [0.25, 0.3) is 0 Å². The second-order valence-electron chi connectivity index (χ2n) is 5.48. The van der Waals surface area contributed by atoms with Gasteiger partial charge in [-0.3, -0.25) is 0 Å². The number of hydrogen-bond donors (Lipinski definition) is 1. The molecule has 1 unspecified atom stereocenters. The van der Waals surface area contributed by atoms with E-state index in [9.17, 15) is 0 Å². The first-order valence-corrected chi connectivity index (χ1v) is 7.02. The van der Waals surface area contributed by atoms with E-state index in [1.54, 1.807) is 0 Å². The van der Waals surface area contributed by atoms with E-state index in [2.05, 4.69) is 26.1 Å². The van der Waals surface area contributed by atoms with Gasteiger partial charge in [-0.25, -0.2) is 0 Å². The van der Waals surface area contributed by atoms with E-state index in [0.29, 0.717) is 12.1 Å². The molecule has 0 heterocycles. The topological polar surface area (TPSA) is 30.5 Å². The van der Waals surface area contributed by atoms with E-state index >= 15 is 0 Å². The lowest BCUT2D eigenvalue weighted by atomic mass is 9.75. The van der Waals surface area contributed by atoms with Crippen molar-refractivity contribution in [2.45, 2.75) is 70.6 Å². The summed E-state index contributed by atoms with van der Waals surface area (Å²) in [6.45, 7) is 8.23. The van der Waals surface area contributed by atoms with Crippen molar-refractivity contribution in [3.05, 3.63) is 0 Å². The molecule has 1 aliphatic carbocycles. The quantitative estimate of drug-likeness (QED) is 0.675. The Bertz CT molecular complexity index is 197. The molecule has 0 aromatic rings. The van der Waals surface area contributed by atoms with Gasteiger partial charge in [0.15, 0.2) is 0 Å². The van der Waals surface area contributed by atoms with Crippen molar-refractivity contribution in [1.82, 2.24) is 5.32 Å². The zero-order valence-electron chi connectivity index (χ0n) is 11.9. The summed E-state index contributed by atoms with van der Waals surface area (Å²) in [6, 6.07) is 0.428. The lowest BCUT2D eigenvalue weighted by Gasteiger charge is -2.43. The first-order chi connectivity index (χ1) is 8.12. The number of ether oxygens (including phenoxy) is 2. The highest BCUT2D eigenvalue weighted by atomic mass is 16.5. The first kappa shape index (κ1) is 14.9. The fraction of sp³-hybridized carbons (Fsp3) is 1.00. The van der Waals surface area contributed by atoms with Crippen LogP contribution in [0.3, 0.4) is 0 Å². The summed E-state index contributed by atoms with van der Waals surface area (Å²) < 4.78 is 11.4. The van der Waals surface area contributed by atoms with Gasteiger partial charge in [-0.2, -0.15) is 0 Å². The highest BCUT2D eigenvalue weighted by molar-refractivity contribution is 4.93. The molecule has 0 radical (unpaired) electrons. The summed E-state index contributed by atoms with van der Waals surface area (Å²) >= 11 is 0. The minimum atomic E-state index is 0.131.